The van der Waals surface area contributed by atoms with Crippen LogP contribution < -0.4 is 4.74 Å². The van der Waals surface area contributed by atoms with Gasteiger partial charge in [-0.1, -0.05) is 22.0 Å². The highest BCUT2D eigenvalue weighted by Crippen LogP contribution is 2.17. The molecule has 1 heterocycles. The molecule has 0 radical (unpaired) electrons. The summed E-state index contributed by atoms with van der Waals surface area (Å²) >= 11 is 3.38. The second-order valence-corrected chi connectivity index (χ2v) is 5.12. The van der Waals surface area contributed by atoms with E-state index in [0.717, 1.165) is 10.2 Å². The summed E-state index contributed by atoms with van der Waals surface area (Å²) in [5.74, 6) is 0.819. The fourth-order valence-electron chi connectivity index (χ4n) is 1.88. The molecule has 0 bridgehead atoms. The van der Waals surface area contributed by atoms with Crippen molar-refractivity contribution in [1.29, 1.82) is 0 Å². The van der Waals surface area contributed by atoms with Crippen LogP contribution in [-0.4, -0.2) is 53.6 Å². The van der Waals surface area contributed by atoms with Crippen LogP contribution in [0.15, 0.2) is 28.7 Å². The van der Waals surface area contributed by atoms with Gasteiger partial charge in [-0.3, -0.25) is 4.90 Å². The predicted octanol–water partition coefficient (Wildman–Crippen LogP) is 0.865. The van der Waals surface area contributed by atoms with Gasteiger partial charge in [0.15, 0.2) is 0 Å². The number of hydrogen-bond donors (Lipinski definition) is 2. The number of aliphatic hydroxyl groups is 2. The zero-order valence-electron chi connectivity index (χ0n) is 9.42. The molecule has 1 aromatic carbocycles. The minimum Gasteiger partial charge on any atom is -0.492 e. The first kappa shape index (κ1) is 12.8. The van der Waals surface area contributed by atoms with Gasteiger partial charge in [0.25, 0.3) is 0 Å². The van der Waals surface area contributed by atoms with Gasteiger partial charge in [0, 0.05) is 24.1 Å². The molecule has 0 saturated carbocycles. The van der Waals surface area contributed by atoms with Crippen LogP contribution in [0.25, 0.3) is 0 Å². The summed E-state index contributed by atoms with van der Waals surface area (Å²) in [6.45, 7) is 2.29. The molecule has 0 unspecified atom stereocenters. The van der Waals surface area contributed by atoms with Crippen molar-refractivity contribution in [3.63, 3.8) is 0 Å². The molecule has 1 aliphatic heterocycles. The molecule has 17 heavy (non-hydrogen) atoms. The Kier molecular flexibility index (Phi) is 4.39. The maximum absolute atomic E-state index is 9.38. The van der Waals surface area contributed by atoms with E-state index < -0.39 is 12.2 Å². The Morgan fingerprint density at radius 2 is 2.00 bits per heavy atom. The van der Waals surface area contributed by atoms with E-state index in [-0.39, 0.29) is 0 Å². The Hall–Kier alpha value is -0.620. The first-order chi connectivity index (χ1) is 8.15. The van der Waals surface area contributed by atoms with Crippen LogP contribution in [-0.2, 0) is 0 Å². The van der Waals surface area contributed by atoms with Crippen molar-refractivity contribution in [3.8, 4) is 5.75 Å². The van der Waals surface area contributed by atoms with Crippen molar-refractivity contribution in [2.24, 2.45) is 0 Å². The smallest absolute Gasteiger partial charge is 0.120 e. The number of likely N-dealkylation sites (tertiary alicyclic amines) is 1. The third-order valence-corrected chi connectivity index (χ3v) is 3.30. The van der Waals surface area contributed by atoms with Crippen LogP contribution in [0.3, 0.4) is 0 Å². The van der Waals surface area contributed by atoms with Crippen LogP contribution in [0.4, 0.5) is 0 Å². The van der Waals surface area contributed by atoms with Gasteiger partial charge in [0.1, 0.15) is 12.4 Å². The molecular weight excluding hydrogens is 286 g/mol. The molecule has 2 rings (SSSR count). The molecule has 1 saturated heterocycles. The number of ether oxygens (including phenoxy) is 1. The Morgan fingerprint density at radius 1 is 1.29 bits per heavy atom. The monoisotopic (exact) mass is 301 g/mol. The van der Waals surface area contributed by atoms with Gasteiger partial charge in [-0.25, -0.2) is 0 Å². The van der Waals surface area contributed by atoms with Crippen molar-refractivity contribution in [3.05, 3.63) is 28.7 Å². The number of hydrogen-bond acceptors (Lipinski definition) is 4. The summed E-state index contributed by atoms with van der Waals surface area (Å²) < 4.78 is 6.57. The van der Waals surface area contributed by atoms with Gasteiger partial charge in [-0.15, -0.1) is 0 Å². The average molecular weight is 302 g/mol. The van der Waals surface area contributed by atoms with Crippen molar-refractivity contribution in [2.75, 3.05) is 26.2 Å². The molecule has 0 aromatic heterocycles. The van der Waals surface area contributed by atoms with Crippen LogP contribution in [0, 0.1) is 0 Å². The van der Waals surface area contributed by atoms with E-state index in [1.165, 1.54) is 0 Å². The number of halogens is 1. The highest BCUT2D eigenvalue weighted by Gasteiger charge is 2.28. The molecule has 1 aromatic rings. The minimum absolute atomic E-state index is 0.517. The molecule has 1 aliphatic rings. The fraction of sp³-hybridized carbons (Fsp3) is 0.500. The number of nitrogens with zero attached hydrogens (tertiary/aromatic N) is 1. The topological polar surface area (TPSA) is 52.9 Å². The summed E-state index contributed by atoms with van der Waals surface area (Å²) in [6.07, 6.45) is -1.25. The van der Waals surface area contributed by atoms with Crippen molar-refractivity contribution in [2.45, 2.75) is 12.2 Å². The lowest BCUT2D eigenvalue weighted by Gasteiger charge is -2.15. The van der Waals surface area contributed by atoms with Crippen molar-refractivity contribution >= 4 is 15.9 Å². The van der Waals surface area contributed by atoms with E-state index in [9.17, 15) is 10.2 Å². The quantitative estimate of drug-likeness (QED) is 0.866. The summed E-state index contributed by atoms with van der Waals surface area (Å²) in [5, 5.41) is 18.8. The van der Waals surface area contributed by atoms with E-state index in [4.69, 9.17) is 4.74 Å². The largest absolute Gasteiger partial charge is 0.492 e. The predicted molar refractivity (Wildman–Crippen MR) is 68.1 cm³/mol. The van der Waals surface area contributed by atoms with Gasteiger partial charge in [-0.05, 0) is 18.2 Å². The van der Waals surface area contributed by atoms with Gasteiger partial charge in [0.05, 0.1) is 12.2 Å². The standard InChI is InChI=1S/C12H16BrNO3/c13-9-2-1-3-10(6-9)17-5-4-14-7-11(15)12(16)8-14/h1-3,6,11-12,15-16H,4-5,7-8H2/t11-,12+. The molecule has 2 atom stereocenters. The molecule has 2 N–H and O–H groups in total. The average Bonchev–Trinajstić information content (AvgIpc) is 2.58. The Morgan fingerprint density at radius 3 is 2.65 bits per heavy atom. The summed E-state index contributed by atoms with van der Waals surface area (Å²) in [4.78, 5) is 1.99. The maximum atomic E-state index is 9.38. The van der Waals surface area contributed by atoms with Crippen molar-refractivity contribution in [1.82, 2.24) is 4.90 Å². The number of aliphatic hydroxyl groups excluding tert-OH is 2. The lowest BCUT2D eigenvalue weighted by molar-refractivity contribution is 0.0572. The fourth-order valence-corrected chi connectivity index (χ4v) is 2.26. The molecule has 4 nitrogen and oxygen atoms in total. The zero-order chi connectivity index (χ0) is 12.3. The number of benzene rings is 1. The first-order valence-electron chi connectivity index (χ1n) is 5.62. The molecule has 0 spiro atoms. The molecular formula is C12H16BrNO3. The van der Waals surface area contributed by atoms with E-state index >= 15 is 0 Å². The Bertz CT molecular complexity index is 365. The Balaban J connectivity index is 1.73. The SMILES string of the molecule is O[C@@H]1CN(CCOc2cccc(Br)c2)C[C@@H]1O. The Labute approximate surface area is 109 Å². The third-order valence-electron chi connectivity index (χ3n) is 2.81. The molecule has 0 amide bonds. The second kappa shape index (κ2) is 5.82. The van der Waals surface area contributed by atoms with Gasteiger partial charge in [0.2, 0.25) is 0 Å². The van der Waals surface area contributed by atoms with Crippen LogP contribution in [0.1, 0.15) is 0 Å². The minimum atomic E-state index is -0.624. The van der Waals surface area contributed by atoms with Crippen molar-refractivity contribution < 1.29 is 14.9 Å². The van der Waals surface area contributed by atoms with E-state index in [1.54, 1.807) is 0 Å². The van der Waals surface area contributed by atoms with Crippen LogP contribution >= 0.6 is 15.9 Å². The molecule has 94 valence electrons. The third kappa shape index (κ3) is 3.67. The first-order valence-corrected chi connectivity index (χ1v) is 6.41. The van der Waals surface area contributed by atoms with Gasteiger partial charge in [-0.2, -0.15) is 0 Å². The summed E-state index contributed by atoms with van der Waals surface area (Å²) in [6, 6.07) is 7.68. The lowest BCUT2D eigenvalue weighted by atomic mass is 10.3. The number of β-amino-alcohol motifs (C(OH)–C–C–N with tert-alkyl or cyclic N) is 2. The normalized spacial score (nSPS) is 25.1. The zero-order valence-corrected chi connectivity index (χ0v) is 11.0. The van der Waals surface area contributed by atoms with Crippen LogP contribution in [0.2, 0.25) is 0 Å². The molecule has 0 aliphatic carbocycles. The summed E-state index contributed by atoms with van der Waals surface area (Å²) in [7, 11) is 0. The van der Waals surface area contributed by atoms with E-state index in [1.807, 2.05) is 29.2 Å². The van der Waals surface area contributed by atoms with E-state index in [0.29, 0.717) is 26.2 Å². The molecule has 5 heteroatoms. The number of rotatable bonds is 4. The highest BCUT2D eigenvalue weighted by atomic mass is 79.9. The van der Waals surface area contributed by atoms with Gasteiger partial charge < -0.3 is 14.9 Å². The maximum Gasteiger partial charge on any atom is 0.120 e. The molecule has 1 fully saturated rings. The summed E-state index contributed by atoms with van der Waals surface area (Å²) in [5.41, 5.74) is 0. The van der Waals surface area contributed by atoms with Gasteiger partial charge >= 0.3 is 0 Å². The second-order valence-electron chi connectivity index (χ2n) is 4.20. The lowest BCUT2D eigenvalue weighted by Crippen LogP contribution is -2.27. The van der Waals surface area contributed by atoms with Crippen LogP contribution in [0.5, 0.6) is 5.75 Å². The highest BCUT2D eigenvalue weighted by molar-refractivity contribution is 9.10. The van der Waals surface area contributed by atoms with E-state index in [2.05, 4.69) is 15.9 Å².